The van der Waals surface area contributed by atoms with E-state index in [1.807, 2.05) is 23.9 Å². The third-order valence-corrected chi connectivity index (χ3v) is 9.97. The highest BCUT2D eigenvalue weighted by molar-refractivity contribution is 7.88. The molecular formula is C28H34N6O3S2. The highest BCUT2D eigenvalue weighted by Crippen LogP contribution is 2.36. The van der Waals surface area contributed by atoms with Crippen molar-refractivity contribution in [1.82, 2.24) is 24.0 Å². The maximum atomic E-state index is 12.1. The van der Waals surface area contributed by atoms with Gasteiger partial charge in [0.15, 0.2) is 5.82 Å². The minimum absolute atomic E-state index is 0.0424. The molecule has 2 aliphatic rings. The van der Waals surface area contributed by atoms with Gasteiger partial charge in [-0.3, -0.25) is 4.90 Å². The normalized spacial score (nSPS) is 19.7. The number of ether oxygens (including phenoxy) is 1. The molecule has 4 aromatic rings. The van der Waals surface area contributed by atoms with Crippen molar-refractivity contribution in [2.24, 2.45) is 0 Å². The summed E-state index contributed by atoms with van der Waals surface area (Å²) in [6.45, 7) is 9.89. The molecule has 1 aromatic carbocycles. The molecule has 9 nitrogen and oxygen atoms in total. The third-order valence-electron chi connectivity index (χ3n) is 7.44. The van der Waals surface area contributed by atoms with Crippen molar-refractivity contribution in [3.05, 3.63) is 59.1 Å². The minimum Gasteiger partial charge on any atom is -0.378 e. The third kappa shape index (κ3) is 5.59. The molecule has 0 unspecified atom stereocenters. The molecule has 3 aromatic heterocycles. The fourth-order valence-electron chi connectivity index (χ4n) is 5.56. The lowest BCUT2D eigenvalue weighted by atomic mass is 10.1. The van der Waals surface area contributed by atoms with Crippen molar-refractivity contribution in [3.8, 4) is 17.1 Å². The summed E-state index contributed by atoms with van der Waals surface area (Å²) < 4.78 is 34.5. The van der Waals surface area contributed by atoms with Gasteiger partial charge in [0, 0.05) is 68.0 Å². The van der Waals surface area contributed by atoms with E-state index in [1.165, 1.54) is 21.4 Å². The molecule has 11 heteroatoms. The number of nitrogens with zero attached hydrogens (tertiary/aromatic N) is 6. The molecule has 206 valence electrons. The molecule has 2 saturated heterocycles. The van der Waals surface area contributed by atoms with E-state index in [2.05, 4.69) is 53.1 Å². The number of benzene rings is 1. The Morgan fingerprint density at radius 3 is 2.64 bits per heavy atom. The Labute approximate surface area is 233 Å². The second-order valence-electron chi connectivity index (χ2n) is 10.5. The average Bonchev–Trinajstić information content (AvgIpc) is 3.55. The molecule has 0 saturated carbocycles. The number of anilines is 1. The van der Waals surface area contributed by atoms with Crippen molar-refractivity contribution in [1.29, 1.82) is 0 Å². The van der Waals surface area contributed by atoms with Gasteiger partial charge in [0.05, 0.1) is 41.1 Å². The van der Waals surface area contributed by atoms with Crippen LogP contribution in [0.15, 0.2) is 48.7 Å². The number of aryl methyl sites for hydroxylation is 1. The molecule has 6 rings (SSSR count). The van der Waals surface area contributed by atoms with Crippen LogP contribution < -0.4 is 4.90 Å². The number of hydrogen-bond donors (Lipinski definition) is 0. The minimum atomic E-state index is -3.18. The van der Waals surface area contributed by atoms with E-state index < -0.39 is 10.0 Å². The van der Waals surface area contributed by atoms with Crippen molar-refractivity contribution >= 4 is 37.3 Å². The lowest BCUT2D eigenvalue weighted by Crippen LogP contribution is -2.53. The van der Waals surface area contributed by atoms with Crippen LogP contribution in [0.5, 0.6) is 0 Å². The van der Waals surface area contributed by atoms with E-state index in [0.717, 1.165) is 54.5 Å². The number of hydrogen-bond acceptors (Lipinski definition) is 8. The van der Waals surface area contributed by atoms with Gasteiger partial charge in [0.1, 0.15) is 0 Å². The first-order valence-corrected chi connectivity index (χ1v) is 16.0. The number of piperazine rings is 1. The van der Waals surface area contributed by atoms with Crippen LogP contribution in [-0.4, -0.2) is 90.6 Å². The number of aromatic nitrogens is 3. The van der Waals surface area contributed by atoms with E-state index in [0.29, 0.717) is 26.3 Å². The molecule has 2 aliphatic heterocycles. The molecule has 0 aliphatic carbocycles. The van der Waals surface area contributed by atoms with Gasteiger partial charge in [-0.05, 0) is 32.0 Å². The highest BCUT2D eigenvalue weighted by Gasteiger charge is 2.30. The maximum Gasteiger partial charge on any atom is 0.211 e. The summed E-state index contributed by atoms with van der Waals surface area (Å²) >= 11 is 1.78. The number of rotatable bonds is 6. The van der Waals surface area contributed by atoms with Gasteiger partial charge in [-0.2, -0.15) is 9.40 Å². The molecule has 0 bridgehead atoms. The summed E-state index contributed by atoms with van der Waals surface area (Å²) in [7, 11) is -3.18. The van der Waals surface area contributed by atoms with Crippen molar-refractivity contribution in [3.63, 3.8) is 0 Å². The Morgan fingerprint density at radius 1 is 1.08 bits per heavy atom. The Hall–Kier alpha value is -2.83. The standard InChI is InChI=1S/C28H34N6O3S2/c1-20-5-4-6-22(15-20)24-7-8-33(30-24)27-17-26(32-11-13-37-14-12-32)28-25(29-27)16-23(38-28)19-31-9-10-34(21(2)18-31)39(3,35)36/h4-8,15-17,21H,9-14,18-19H2,1-3H3/t21-/m1/s1. The van der Waals surface area contributed by atoms with Crippen molar-refractivity contribution < 1.29 is 13.2 Å². The lowest BCUT2D eigenvalue weighted by molar-refractivity contribution is 0.123. The number of thiophene rings is 1. The molecule has 0 N–H and O–H groups in total. The van der Waals surface area contributed by atoms with Gasteiger partial charge in [0.2, 0.25) is 10.0 Å². The number of sulfonamides is 1. The zero-order chi connectivity index (χ0) is 27.1. The predicted octanol–water partition coefficient (Wildman–Crippen LogP) is 3.76. The molecule has 0 amide bonds. The van der Waals surface area contributed by atoms with Gasteiger partial charge in [-0.15, -0.1) is 11.3 Å². The van der Waals surface area contributed by atoms with Crippen LogP contribution in [0.2, 0.25) is 0 Å². The summed E-state index contributed by atoms with van der Waals surface area (Å²) in [5.74, 6) is 0.794. The van der Waals surface area contributed by atoms with Crippen LogP contribution >= 0.6 is 11.3 Å². The molecular weight excluding hydrogens is 532 g/mol. The fourth-order valence-corrected chi connectivity index (χ4v) is 7.87. The lowest BCUT2D eigenvalue weighted by Gasteiger charge is -2.38. The predicted molar refractivity (Wildman–Crippen MR) is 156 cm³/mol. The first-order valence-electron chi connectivity index (χ1n) is 13.3. The van der Waals surface area contributed by atoms with Gasteiger partial charge in [0.25, 0.3) is 0 Å². The average molecular weight is 567 g/mol. The Morgan fingerprint density at radius 2 is 1.90 bits per heavy atom. The van der Waals surface area contributed by atoms with Crippen LogP contribution in [0.25, 0.3) is 27.3 Å². The Balaban J connectivity index is 1.32. The quantitative estimate of drug-likeness (QED) is 0.351. The zero-order valence-electron chi connectivity index (χ0n) is 22.6. The highest BCUT2D eigenvalue weighted by atomic mass is 32.2. The topological polar surface area (TPSA) is 83.8 Å². The number of fused-ring (bicyclic) bond motifs is 1. The van der Waals surface area contributed by atoms with E-state index in [4.69, 9.17) is 14.8 Å². The van der Waals surface area contributed by atoms with Crippen LogP contribution in [0.3, 0.4) is 0 Å². The van der Waals surface area contributed by atoms with E-state index in [-0.39, 0.29) is 6.04 Å². The second-order valence-corrected chi connectivity index (χ2v) is 13.6. The number of morpholine rings is 1. The largest absolute Gasteiger partial charge is 0.378 e. The van der Waals surface area contributed by atoms with Crippen LogP contribution in [-0.2, 0) is 21.3 Å². The summed E-state index contributed by atoms with van der Waals surface area (Å²) in [6.07, 6.45) is 3.27. The summed E-state index contributed by atoms with van der Waals surface area (Å²) in [4.78, 5) is 11.0. The van der Waals surface area contributed by atoms with Gasteiger partial charge in [-0.1, -0.05) is 23.8 Å². The van der Waals surface area contributed by atoms with Crippen LogP contribution in [0.4, 0.5) is 5.69 Å². The molecule has 0 radical (unpaired) electrons. The summed E-state index contributed by atoms with van der Waals surface area (Å²) in [5, 5.41) is 4.87. The van der Waals surface area contributed by atoms with Crippen LogP contribution in [0, 0.1) is 6.92 Å². The fraction of sp³-hybridized carbons (Fsp3) is 0.429. The van der Waals surface area contributed by atoms with E-state index >= 15 is 0 Å². The smallest absolute Gasteiger partial charge is 0.211 e. The monoisotopic (exact) mass is 566 g/mol. The van der Waals surface area contributed by atoms with Gasteiger partial charge >= 0.3 is 0 Å². The van der Waals surface area contributed by atoms with Crippen molar-refractivity contribution in [2.45, 2.75) is 26.4 Å². The molecule has 5 heterocycles. The molecule has 39 heavy (non-hydrogen) atoms. The maximum absolute atomic E-state index is 12.1. The van der Waals surface area contributed by atoms with Gasteiger partial charge < -0.3 is 9.64 Å². The second kappa shape index (κ2) is 10.6. The molecule has 2 fully saturated rings. The van der Waals surface area contributed by atoms with Gasteiger partial charge in [-0.25, -0.2) is 18.1 Å². The van der Waals surface area contributed by atoms with Crippen LogP contribution in [0.1, 0.15) is 17.4 Å². The number of pyridine rings is 1. The molecule has 0 spiro atoms. The first kappa shape index (κ1) is 26.4. The summed E-state index contributed by atoms with van der Waals surface area (Å²) in [6, 6.07) is 14.7. The molecule has 1 atom stereocenters. The first-order chi connectivity index (χ1) is 18.7. The SMILES string of the molecule is Cc1cccc(-c2ccn(-c3cc(N4CCOCC4)c4sc(CN5CCN(S(C)(=O)=O)[C@H](C)C5)cc4n3)n2)c1. The Bertz CT molecular complexity index is 1590. The van der Waals surface area contributed by atoms with Crippen molar-refractivity contribution in [2.75, 3.05) is 57.1 Å². The Kier molecular flexibility index (Phi) is 7.19. The zero-order valence-corrected chi connectivity index (χ0v) is 24.2. The van der Waals surface area contributed by atoms with E-state index in [9.17, 15) is 8.42 Å². The summed E-state index contributed by atoms with van der Waals surface area (Å²) in [5.41, 5.74) is 5.34. The van der Waals surface area contributed by atoms with E-state index in [1.54, 1.807) is 15.6 Å².